The Bertz CT molecular complexity index is 493. The minimum Gasteiger partial charge on any atom is -0.490 e. The summed E-state index contributed by atoms with van der Waals surface area (Å²) >= 11 is 0. The summed E-state index contributed by atoms with van der Waals surface area (Å²) in [6.07, 6.45) is 1.66. The van der Waals surface area contributed by atoms with Crippen molar-refractivity contribution in [1.82, 2.24) is 0 Å². The van der Waals surface area contributed by atoms with Crippen molar-refractivity contribution in [2.75, 3.05) is 6.61 Å². The maximum Gasteiger partial charge on any atom is 0.306 e. The van der Waals surface area contributed by atoms with Gasteiger partial charge in [0.25, 0.3) is 0 Å². The summed E-state index contributed by atoms with van der Waals surface area (Å²) in [5.41, 5.74) is -0.223. The van der Waals surface area contributed by atoms with Gasteiger partial charge in [-0.05, 0) is 44.2 Å². The number of hydrogen-bond acceptors (Lipinski definition) is 3. The topological polar surface area (TPSA) is 66.8 Å². The van der Waals surface area contributed by atoms with E-state index in [1.807, 2.05) is 0 Å². The van der Waals surface area contributed by atoms with Crippen LogP contribution in [0.15, 0.2) is 18.2 Å². The van der Waals surface area contributed by atoms with Crippen molar-refractivity contribution in [3.05, 3.63) is 29.6 Å². The molecule has 5 heteroatoms. The van der Waals surface area contributed by atoms with Gasteiger partial charge in [0.1, 0.15) is 18.2 Å². The predicted octanol–water partition coefficient (Wildman–Crippen LogP) is 2.52. The van der Waals surface area contributed by atoms with E-state index in [-0.39, 0.29) is 18.3 Å². The third-order valence-corrected chi connectivity index (χ3v) is 3.91. The van der Waals surface area contributed by atoms with Gasteiger partial charge in [0, 0.05) is 6.07 Å². The SMILES string of the molecule is Cc1ccc(F)cc1OCC1(O)CCC(C(=O)O)CC1. The van der Waals surface area contributed by atoms with Gasteiger partial charge < -0.3 is 14.9 Å². The zero-order valence-electron chi connectivity index (χ0n) is 11.4. The van der Waals surface area contributed by atoms with Crippen LogP contribution in [-0.4, -0.2) is 28.4 Å². The summed E-state index contributed by atoms with van der Waals surface area (Å²) in [7, 11) is 0. The van der Waals surface area contributed by atoms with Gasteiger partial charge in [-0.2, -0.15) is 0 Å². The van der Waals surface area contributed by atoms with Crippen molar-refractivity contribution in [3.8, 4) is 5.75 Å². The lowest BCUT2D eigenvalue weighted by Gasteiger charge is -2.34. The molecule has 2 rings (SSSR count). The number of carboxylic acid groups (broad SMARTS) is 1. The lowest BCUT2D eigenvalue weighted by molar-refractivity contribution is -0.145. The minimum absolute atomic E-state index is 0.0592. The second-order valence-electron chi connectivity index (χ2n) is 5.54. The molecule has 0 spiro atoms. The van der Waals surface area contributed by atoms with Crippen molar-refractivity contribution in [1.29, 1.82) is 0 Å². The zero-order valence-corrected chi connectivity index (χ0v) is 11.4. The number of carbonyl (C=O) groups is 1. The third-order valence-electron chi connectivity index (χ3n) is 3.91. The van der Waals surface area contributed by atoms with Crippen LogP contribution in [0.1, 0.15) is 31.2 Å². The van der Waals surface area contributed by atoms with Gasteiger partial charge in [0.15, 0.2) is 0 Å². The molecule has 1 saturated carbocycles. The predicted molar refractivity (Wildman–Crippen MR) is 71.2 cm³/mol. The largest absolute Gasteiger partial charge is 0.490 e. The number of carboxylic acids is 1. The first-order valence-corrected chi connectivity index (χ1v) is 6.74. The minimum atomic E-state index is -1.02. The Balaban J connectivity index is 1.94. The molecule has 0 aliphatic heterocycles. The van der Waals surface area contributed by atoms with E-state index in [2.05, 4.69) is 0 Å². The number of hydrogen-bond donors (Lipinski definition) is 2. The van der Waals surface area contributed by atoms with Gasteiger partial charge in [0.2, 0.25) is 0 Å². The normalized spacial score (nSPS) is 26.2. The van der Waals surface area contributed by atoms with Gasteiger partial charge in [-0.1, -0.05) is 6.07 Å². The van der Waals surface area contributed by atoms with Crippen LogP contribution in [0.4, 0.5) is 4.39 Å². The quantitative estimate of drug-likeness (QED) is 0.890. The first-order valence-electron chi connectivity index (χ1n) is 6.74. The molecular formula is C15H19FO4. The molecule has 0 unspecified atom stereocenters. The molecule has 0 atom stereocenters. The number of aliphatic hydroxyl groups is 1. The van der Waals surface area contributed by atoms with Crippen LogP contribution in [0.3, 0.4) is 0 Å². The van der Waals surface area contributed by atoms with E-state index in [4.69, 9.17) is 9.84 Å². The van der Waals surface area contributed by atoms with E-state index in [9.17, 15) is 14.3 Å². The molecule has 0 bridgehead atoms. The van der Waals surface area contributed by atoms with Gasteiger partial charge in [-0.3, -0.25) is 4.79 Å². The fraction of sp³-hybridized carbons (Fsp3) is 0.533. The van der Waals surface area contributed by atoms with E-state index in [0.717, 1.165) is 5.56 Å². The van der Waals surface area contributed by atoms with E-state index < -0.39 is 11.6 Å². The van der Waals surface area contributed by atoms with Crippen LogP contribution < -0.4 is 4.74 Å². The average molecular weight is 282 g/mol. The first-order chi connectivity index (χ1) is 9.39. The summed E-state index contributed by atoms with van der Waals surface area (Å²) in [4.78, 5) is 10.9. The summed E-state index contributed by atoms with van der Waals surface area (Å²) < 4.78 is 18.7. The van der Waals surface area contributed by atoms with Crippen LogP contribution in [0.25, 0.3) is 0 Å². The van der Waals surface area contributed by atoms with Crippen molar-refractivity contribution < 1.29 is 24.1 Å². The van der Waals surface area contributed by atoms with E-state index in [1.165, 1.54) is 12.1 Å². The summed E-state index contributed by atoms with van der Waals surface area (Å²) in [5, 5.41) is 19.3. The molecule has 0 heterocycles. The summed E-state index contributed by atoms with van der Waals surface area (Å²) in [6.45, 7) is 1.86. The maximum atomic E-state index is 13.1. The second-order valence-corrected chi connectivity index (χ2v) is 5.54. The molecule has 0 amide bonds. The van der Waals surface area contributed by atoms with Crippen molar-refractivity contribution in [2.45, 2.75) is 38.2 Å². The smallest absolute Gasteiger partial charge is 0.306 e. The average Bonchev–Trinajstić information content (AvgIpc) is 2.40. The highest BCUT2D eigenvalue weighted by molar-refractivity contribution is 5.70. The highest BCUT2D eigenvalue weighted by Gasteiger charge is 2.36. The molecular weight excluding hydrogens is 263 g/mol. The molecule has 0 aromatic heterocycles. The van der Waals surface area contributed by atoms with Crippen LogP contribution in [0.2, 0.25) is 0 Å². The molecule has 1 aromatic carbocycles. The Hall–Kier alpha value is -1.62. The van der Waals surface area contributed by atoms with Gasteiger partial charge >= 0.3 is 5.97 Å². The zero-order chi connectivity index (χ0) is 14.8. The van der Waals surface area contributed by atoms with E-state index >= 15 is 0 Å². The molecule has 1 aliphatic rings. The molecule has 20 heavy (non-hydrogen) atoms. The summed E-state index contributed by atoms with van der Waals surface area (Å²) in [5.74, 6) is -1.16. The molecule has 2 N–H and O–H groups in total. The number of ether oxygens (including phenoxy) is 1. The number of benzene rings is 1. The Morgan fingerprint density at radius 2 is 2.10 bits per heavy atom. The van der Waals surface area contributed by atoms with Crippen molar-refractivity contribution >= 4 is 5.97 Å². The first kappa shape index (κ1) is 14.8. The van der Waals surface area contributed by atoms with E-state index in [0.29, 0.717) is 31.4 Å². The monoisotopic (exact) mass is 282 g/mol. The fourth-order valence-corrected chi connectivity index (χ4v) is 2.49. The number of aliphatic carboxylic acids is 1. The highest BCUT2D eigenvalue weighted by Crippen LogP contribution is 2.33. The Kier molecular flexibility index (Phi) is 4.28. The van der Waals surface area contributed by atoms with Gasteiger partial charge in [-0.15, -0.1) is 0 Å². The van der Waals surface area contributed by atoms with Crippen LogP contribution in [0, 0.1) is 18.7 Å². The summed E-state index contributed by atoms with van der Waals surface area (Å²) in [6, 6.07) is 4.27. The maximum absolute atomic E-state index is 13.1. The lowest BCUT2D eigenvalue weighted by atomic mass is 9.79. The van der Waals surface area contributed by atoms with Crippen molar-refractivity contribution in [2.24, 2.45) is 5.92 Å². The highest BCUT2D eigenvalue weighted by atomic mass is 19.1. The number of aryl methyl sites for hydroxylation is 1. The third kappa shape index (κ3) is 3.48. The number of halogens is 1. The molecule has 0 radical (unpaired) electrons. The Morgan fingerprint density at radius 1 is 1.45 bits per heavy atom. The molecule has 110 valence electrons. The fourth-order valence-electron chi connectivity index (χ4n) is 2.49. The standard InChI is InChI=1S/C15H19FO4/c1-10-2-3-12(16)8-13(10)20-9-15(19)6-4-11(5-7-15)14(17)18/h2-3,8,11,19H,4-7,9H2,1H3,(H,17,18). The van der Waals surface area contributed by atoms with Crippen LogP contribution >= 0.6 is 0 Å². The van der Waals surface area contributed by atoms with E-state index in [1.54, 1.807) is 13.0 Å². The van der Waals surface area contributed by atoms with Crippen LogP contribution in [-0.2, 0) is 4.79 Å². The van der Waals surface area contributed by atoms with Crippen LogP contribution in [0.5, 0.6) is 5.75 Å². The molecule has 1 fully saturated rings. The Labute approximate surface area is 117 Å². The van der Waals surface area contributed by atoms with Gasteiger partial charge in [0.05, 0.1) is 11.5 Å². The molecule has 1 aromatic rings. The lowest BCUT2D eigenvalue weighted by Crippen LogP contribution is -2.41. The number of rotatable bonds is 4. The molecule has 0 saturated heterocycles. The second kappa shape index (κ2) is 5.79. The molecule has 1 aliphatic carbocycles. The van der Waals surface area contributed by atoms with Gasteiger partial charge in [-0.25, -0.2) is 4.39 Å². The Morgan fingerprint density at radius 3 is 2.70 bits per heavy atom. The van der Waals surface area contributed by atoms with Crippen molar-refractivity contribution in [3.63, 3.8) is 0 Å². The molecule has 4 nitrogen and oxygen atoms in total.